The molecule has 0 spiro atoms. The van der Waals surface area contributed by atoms with E-state index >= 15 is 0 Å². The van der Waals surface area contributed by atoms with Crippen LogP contribution in [0.25, 0.3) is 0 Å². The Kier molecular flexibility index (Phi) is 7.60. The van der Waals surface area contributed by atoms with Gasteiger partial charge < -0.3 is 10.4 Å². The maximum absolute atomic E-state index is 11.7. The Hall–Kier alpha value is -1.00. The first kappa shape index (κ1) is 16.1. The van der Waals surface area contributed by atoms with Gasteiger partial charge in [0.25, 0.3) is 0 Å². The molecule has 1 rings (SSSR count). The summed E-state index contributed by atoms with van der Waals surface area (Å²) in [6.07, 6.45) is 1.27. The van der Waals surface area contributed by atoms with Crippen LogP contribution in [0.5, 0.6) is 0 Å². The van der Waals surface area contributed by atoms with E-state index in [0.717, 1.165) is 23.5 Å². The molecule has 0 aliphatic rings. The van der Waals surface area contributed by atoms with Crippen LogP contribution in [0.2, 0.25) is 0 Å². The number of aliphatic hydroxyl groups is 1. The molecule has 3 nitrogen and oxygen atoms in total. The van der Waals surface area contributed by atoms with Crippen molar-refractivity contribution in [1.29, 1.82) is 0 Å². The first-order valence-corrected chi connectivity index (χ1v) is 7.80. The van der Waals surface area contributed by atoms with E-state index in [9.17, 15) is 4.79 Å². The van der Waals surface area contributed by atoms with Crippen LogP contribution in [0, 0.1) is 13.8 Å². The number of nitrogens with one attached hydrogen (secondary N) is 1. The Bertz CT molecular complexity index is 407. The van der Waals surface area contributed by atoms with Crippen LogP contribution in [0.3, 0.4) is 0 Å². The molecule has 0 radical (unpaired) electrons. The van der Waals surface area contributed by atoms with E-state index in [1.165, 1.54) is 11.1 Å². The molecule has 2 N–H and O–H groups in total. The lowest BCUT2D eigenvalue weighted by atomic mass is 10.0. The lowest BCUT2D eigenvalue weighted by Gasteiger charge is -2.07. The predicted octanol–water partition coefficient (Wildman–Crippen LogP) is 2.08. The number of carbonyl (C=O) groups excluding carboxylic acids is 1. The molecular formula is C15H23NO2S. The van der Waals surface area contributed by atoms with Crippen molar-refractivity contribution < 1.29 is 9.90 Å². The Morgan fingerprint density at radius 3 is 2.74 bits per heavy atom. The largest absolute Gasteiger partial charge is 0.396 e. The fourth-order valence-corrected chi connectivity index (χ4v) is 2.48. The molecule has 0 unspecified atom stereocenters. The Labute approximate surface area is 119 Å². The van der Waals surface area contributed by atoms with Gasteiger partial charge in [0.05, 0.1) is 6.42 Å². The molecule has 1 amide bonds. The van der Waals surface area contributed by atoms with Gasteiger partial charge in [-0.15, -0.1) is 0 Å². The summed E-state index contributed by atoms with van der Waals surface area (Å²) >= 11 is 1.76. The number of thioether (sulfide) groups is 1. The molecule has 1 aromatic rings. The van der Waals surface area contributed by atoms with Gasteiger partial charge in [-0.1, -0.05) is 18.2 Å². The minimum atomic E-state index is 0.0750. The van der Waals surface area contributed by atoms with Gasteiger partial charge in [0.2, 0.25) is 5.91 Å². The lowest BCUT2D eigenvalue weighted by Crippen LogP contribution is -2.27. The van der Waals surface area contributed by atoms with Gasteiger partial charge in [-0.2, -0.15) is 11.8 Å². The van der Waals surface area contributed by atoms with Gasteiger partial charge in [0, 0.05) is 18.9 Å². The van der Waals surface area contributed by atoms with Gasteiger partial charge in [-0.25, -0.2) is 0 Å². The normalized spacial score (nSPS) is 10.5. The summed E-state index contributed by atoms with van der Waals surface area (Å²) < 4.78 is 0. The monoisotopic (exact) mass is 281 g/mol. The van der Waals surface area contributed by atoms with E-state index < -0.39 is 0 Å². The molecule has 0 saturated heterocycles. The third kappa shape index (κ3) is 6.64. The fraction of sp³-hybridized carbons (Fsp3) is 0.533. The van der Waals surface area contributed by atoms with Crippen molar-refractivity contribution in [3.8, 4) is 0 Å². The molecule has 1 aromatic carbocycles. The van der Waals surface area contributed by atoms with Crippen molar-refractivity contribution in [3.63, 3.8) is 0 Å². The summed E-state index contributed by atoms with van der Waals surface area (Å²) in [4.78, 5) is 11.7. The van der Waals surface area contributed by atoms with Crippen LogP contribution >= 0.6 is 11.8 Å². The van der Waals surface area contributed by atoms with Crippen molar-refractivity contribution in [1.82, 2.24) is 5.32 Å². The Balaban J connectivity index is 2.21. The second kappa shape index (κ2) is 8.99. The molecule has 4 heteroatoms. The first-order chi connectivity index (χ1) is 9.13. The van der Waals surface area contributed by atoms with Crippen LogP contribution in [-0.2, 0) is 11.2 Å². The number of aliphatic hydroxyl groups excluding tert-OH is 1. The summed E-state index contributed by atoms with van der Waals surface area (Å²) in [5.74, 6) is 1.92. The zero-order valence-electron chi connectivity index (χ0n) is 11.7. The molecule has 0 aromatic heterocycles. The minimum Gasteiger partial charge on any atom is -0.396 e. The number of carbonyl (C=O) groups is 1. The molecule has 106 valence electrons. The Morgan fingerprint density at radius 1 is 1.26 bits per heavy atom. The van der Waals surface area contributed by atoms with Gasteiger partial charge in [0.1, 0.15) is 0 Å². The van der Waals surface area contributed by atoms with Crippen LogP contribution < -0.4 is 5.32 Å². The summed E-state index contributed by atoms with van der Waals surface area (Å²) in [5, 5.41) is 11.6. The van der Waals surface area contributed by atoms with Crippen molar-refractivity contribution in [2.75, 3.05) is 24.7 Å². The van der Waals surface area contributed by atoms with Gasteiger partial charge in [0.15, 0.2) is 0 Å². The van der Waals surface area contributed by atoms with Crippen molar-refractivity contribution in [2.45, 2.75) is 26.7 Å². The van der Waals surface area contributed by atoms with Gasteiger partial charge in [-0.05, 0) is 42.7 Å². The Morgan fingerprint density at radius 2 is 2.05 bits per heavy atom. The molecule has 19 heavy (non-hydrogen) atoms. The molecule has 0 bridgehead atoms. The third-order valence-corrected chi connectivity index (χ3v) is 4.02. The number of amides is 1. The number of hydrogen-bond donors (Lipinski definition) is 2. The second-order valence-electron chi connectivity index (χ2n) is 4.63. The van der Waals surface area contributed by atoms with Crippen LogP contribution in [0.1, 0.15) is 23.1 Å². The zero-order valence-corrected chi connectivity index (χ0v) is 12.6. The van der Waals surface area contributed by atoms with E-state index in [1.807, 2.05) is 6.07 Å². The highest BCUT2D eigenvalue weighted by Gasteiger charge is 2.03. The smallest absolute Gasteiger partial charge is 0.224 e. The molecule has 0 fully saturated rings. The van der Waals surface area contributed by atoms with Crippen LogP contribution in [0.15, 0.2) is 18.2 Å². The highest BCUT2D eigenvalue weighted by molar-refractivity contribution is 7.99. The molecule has 0 atom stereocenters. The highest BCUT2D eigenvalue weighted by Crippen LogP contribution is 2.10. The molecular weight excluding hydrogens is 258 g/mol. The number of rotatable bonds is 8. The highest BCUT2D eigenvalue weighted by atomic mass is 32.2. The average Bonchev–Trinajstić information content (AvgIpc) is 2.38. The third-order valence-electron chi connectivity index (χ3n) is 2.95. The van der Waals surface area contributed by atoms with E-state index in [-0.39, 0.29) is 12.5 Å². The lowest BCUT2D eigenvalue weighted by molar-refractivity contribution is -0.120. The molecule has 0 saturated carbocycles. The second-order valence-corrected chi connectivity index (χ2v) is 5.86. The van der Waals surface area contributed by atoms with E-state index in [4.69, 9.17) is 5.11 Å². The van der Waals surface area contributed by atoms with E-state index in [2.05, 4.69) is 31.3 Å². The van der Waals surface area contributed by atoms with Gasteiger partial charge in [-0.3, -0.25) is 4.79 Å². The van der Waals surface area contributed by atoms with Crippen LogP contribution in [-0.4, -0.2) is 35.7 Å². The fourth-order valence-electron chi connectivity index (χ4n) is 1.69. The standard InChI is InChI=1S/C15H23NO2S/c1-12-4-5-14(10-13(12)2)11-15(18)16-6-9-19-8-3-7-17/h4-5,10,17H,3,6-9,11H2,1-2H3,(H,16,18). The average molecular weight is 281 g/mol. The molecule has 0 heterocycles. The maximum atomic E-state index is 11.7. The predicted molar refractivity (Wildman–Crippen MR) is 81.7 cm³/mol. The number of benzene rings is 1. The molecule has 0 aliphatic heterocycles. The van der Waals surface area contributed by atoms with Crippen molar-refractivity contribution in [2.24, 2.45) is 0 Å². The summed E-state index contributed by atoms with van der Waals surface area (Å²) in [6, 6.07) is 6.14. The summed E-state index contributed by atoms with van der Waals surface area (Å²) in [6.45, 7) is 5.07. The number of hydrogen-bond acceptors (Lipinski definition) is 3. The molecule has 0 aliphatic carbocycles. The van der Waals surface area contributed by atoms with E-state index in [0.29, 0.717) is 13.0 Å². The maximum Gasteiger partial charge on any atom is 0.224 e. The topological polar surface area (TPSA) is 49.3 Å². The van der Waals surface area contributed by atoms with E-state index in [1.54, 1.807) is 11.8 Å². The zero-order chi connectivity index (χ0) is 14.1. The summed E-state index contributed by atoms with van der Waals surface area (Å²) in [5.41, 5.74) is 3.54. The van der Waals surface area contributed by atoms with Crippen LogP contribution in [0.4, 0.5) is 0 Å². The SMILES string of the molecule is Cc1ccc(CC(=O)NCCSCCCO)cc1C. The first-order valence-electron chi connectivity index (χ1n) is 6.65. The number of aryl methyl sites for hydroxylation is 2. The quantitative estimate of drug-likeness (QED) is 0.717. The van der Waals surface area contributed by atoms with Crippen molar-refractivity contribution in [3.05, 3.63) is 34.9 Å². The van der Waals surface area contributed by atoms with Gasteiger partial charge >= 0.3 is 0 Å². The minimum absolute atomic E-state index is 0.0750. The summed E-state index contributed by atoms with van der Waals surface area (Å²) in [7, 11) is 0. The van der Waals surface area contributed by atoms with Crippen molar-refractivity contribution >= 4 is 17.7 Å².